The van der Waals surface area contributed by atoms with Crippen LogP contribution >= 0.6 is 11.3 Å². The van der Waals surface area contributed by atoms with E-state index in [0.717, 1.165) is 32.1 Å². The normalized spacial score (nSPS) is 15.2. The van der Waals surface area contributed by atoms with Crippen LogP contribution < -0.4 is 10.9 Å². The van der Waals surface area contributed by atoms with E-state index in [9.17, 15) is 22.8 Å². The molecule has 5 nitrogen and oxygen atoms in total. The van der Waals surface area contributed by atoms with Gasteiger partial charge in [0.1, 0.15) is 4.83 Å². The fourth-order valence-corrected chi connectivity index (χ4v) is 5.45. The van der Waals surface area contributed by atoms with Crippen LogP contribution in [0.15, 0.2) is 41.3 Å². The summed E-state index contributed by atoms with van der Waals surface area (Å²) in [5.74, 6) is -0.990. The van der Waals surface area contributed by atoms with Crippen molar-refractivity contribution in [2.75, 3.05) is 6.54 Å². The third-order valence-corrected chi connectivity index (χ3v) is 7.24. The average molecular weight is 479 g/mol. The van der Waals surface area contributed by atoms with Gasteiger partial charge in [-0.1, -0.05) is 31.4 Å². The van der Waals surface area contributed by atoms with E-state index in [1.54, 1.807) is 30.5 Å². The highest BCUT2D eigenvalue weighted by Crippen LogP contribution is 2.42. The molecule has 1 aliphatic rings. The van der Waals surface area contributed by atoms with E-state index in [2.05, 4.69) is 5.32 Å². The number of pyridine rings is 1. The van der Waals surface area contributed by atoms with Gasteiger partial charge in [-0.05, 0) is 48.1 Å². The Morgan fingerprint density at radius 2 is 1.91 bits per heavy atom. The Morgan fingerprint density at radius 3 is 2.61 bits per heavy atom. The Bertz CT molecular complexity index is 1210. The van der Waals surface area contributed by atoms with Gasteiger partial charge in [-0.3, -0.25) is 14.0 Å². The molecule has 9 heteroatoms. The van der Waals surface area contributed by atoms with Gasteiger partial charge in [0.05, 0.1) is 16.9 Å². The van der Waals surface area contributed by atoms with Crippen LogP contribution in [0.4, 0.5) is 13.2 Å². The molecule has 2 aromatic heterocycles. The molecule has 0 radical (unpaired) electrons. The van der Waals surface area contributed by atoms with Crippen LogP contribution in [0.3, 0.4) is 0 Å². The molecule has 1 saturated carbocycles. The highest BCUT2D eigenvalue weighted by atomic mass is 32.1. The molecule has 0 spiro atoms. The van der Waals surface area contributed by atoms with E-state index < -0.39 is 17.7 Å². The minimum atomic E-state index is -4.44. The molecule has 0 saturated heterocycles. The summed E-state index contributed by atoms with van der Waals surface area (Å²) >= 11 is 1.26. The summed E-state index contributed by atoms with van der Waals surface area (Å²) < 4.78 is 43.2. The molecule has 0 unspecified atom stereocenters. The Labute approximate surface area is 192 Å². The molecule has 3 aromatic rings. The Balaban J connectivity index is 1.65. The summed E-state index contributed by atoms with van der Waals surface area (Å²) in [4.78, 5) is 24.7. The first-order chi connectivity index (χ1) is 15.7. The van der Waals surface area contributed by atoms with Gasteiger partial charge in [0.25, 0.3) is 5.56 Å². The number of benzene rings is 1. The van der Waals surface area contributed by atoms with Crippen molar-refractivity contribution in [1.82, 2.24) is 9.72 Å². The van der Waals surface area contributed by atoms with Crippen molar-refractivity contribution in [3.05, 3.63) is 63.6 Å². The number of rotatable bonds is 7. The second-order valence-corrected chi connectivity index (χ2v) is 9.48. The highest BCUT2D eigenvalue weighted by Gasteiger charge is 2.36. The quantitative estimate of drug-likeness (QED) is 0.430. The zero-order valence-corrected chi connectivity index (χ0v) is 18.8. The zero-order chi connectivity index (χ0) is 23.6. The lowest BCUT2D eigenvalue weighted by Crippen LogP contribution is -2.24. The zero-order valence-electron chi connectivity index (χ0n) is 18.0. The number of halogens is 3. The van der Waals surface area contributed by atoms with Crippen LogP contribution in [0.2, 0.25) is 0 Å². The van der Waals surface area contributed by atoms with Crippen molar-refractivity contribution < 1.29 is 23.1 Å². The summed E-state index contributed by atoms with van der Waals surface area (Å²) in [5, 5.41) is 11.6. The lowest BCUT2D eigenvalue weighted by molar-refractivity contribution is -0.138. The maximum Gasteiger partial charge on any atom is 0.416 e. The molecule has 1 aliphatic carbocycles. The third-order valence-electron chi connectivity index (χ3n) is 6.14. The van der Waals surface area contributed by atoms with Gasteiger partial charge in [-0.2, -0.15) is 13.2 Å². The summed E-state index contributed by atoms with van der Waals surface area (Å²) in [6, 6.07) is 7.97. The molecular weight excluding hydrogens is 453 g/mol. The number of carboxylic acids is 1. The van der Waals surface area contributed by atoms with E-state index in [4.69, 9.17) is 5.11 Å². The van der Waals surface area contributed by atoms with Crippen LogP contribution in [0.25, 0.3) is 15.3 Å². The van der Waals surface area contributed by atoms with Gasteiger partial charge in [0.15, 0.2) is 0 Å². The fraction of sp³-hybridized carbons (Fsp3) is 0.417. The van der Waals surface area contributed by atoms with Crippen LogP contribution in [-0.2, 0) is 17.5 Å². The number of nitrogens with zero attached hydrogens (tertiary/aromatic N) is 1. The van der Waals surface area contributed by atoms with Gasteiger partial charge in [0.2, 0.25) is 0 Å². The number of carboxylic acid groups (broad SMARTS) is 1. The predicted octanol–water partition coefficient (Wildman–Crippen LogP) is 5.66. The van der Waals surface area contributed by atoms with Crippen LogP contribution in [-0.4, -0.2) is 22.0 Å². The van der Waals surface area contributed by atoms with E-state index in [1.165, 1.54) is 21.8 Å². The maximum absolute atomic E-state index is 13.9. The molecule has 4 rings (SSSR count). The second-order valence-electron chi connectivity index (χ2n) is 8.42. The number of thiazole rings is 1. The number of aromatic nitrogens is 1. The molecule has 2 N–H and O–H groups in total. The van der Waals surface area contributed by atoms with Gasteiger partial charge in [-0.25, -0.2) is 0 Å². The minimum Gasteiger partial charge on any atom is -0.481 e. The Hall–Kier alpha value is -2.65. The number of alkyl halides is 3. The highest BCUT2D eigenvalue weighted by molar-refractivity contribution is 7.20. The molecular formula is C24H25F3N2O3S. The summed E-state index contributed by atoms with van der Waals surface area (Å²) in [7, 11) is 0. The molecule has 1 fully saturated rings. The van der Waals surface area contributed by atoms with Gasteiger partial charge in [-0.15, -0.1) is 11.3 Å². The average Bonchev–Trinajstić information content (AvgIpc) is 3.23. The summed E-state index contributed by atoms with van der Waals surface area (Å²) in [6.07, 6.45) is 1.64. The van der Waals surface area contributed by atoms with E-state index in [-0.39, 0.29) is 31.0 Å². The standard InChI is InChI=1S/C24H25F3N2O3S/c25-24(26,27)19-12-16(6-8-18(19)15-4-2-1-3-5-15)20-14-29-21(33-20)9-7-17(23(29)32)13-28-11-10-22(30)31/h6-9,12,14-15,28H,1-5,10-11,13H2,(H,30,31). The number of aliphatic carboxylic acids is 1. The molecule has 0 atom stereocenters. The lowest BCUT2D eigenvalue weighted by atomic mass is 9.81. The lowest BCUT2D eigenvalue weighted by Gasteiger charge is -2.25. The monoisotopic (exact) mass is 478 g/mol. The summed E-state index contributed by atoms with van der Waals surface area (Å²) in [6.45, 7) is 0.453. The molecule has 0 amide bonds. The molecule has 0 bridgehead atoms. The predicted molar refractivity (Wildman–Crippen MR) is 122 cm³/mol. The molecule has 0 aliphatic heterocycles. The van der Waals surface area contributed by atoms with Crippen LogP contribution in [0.5, 0.6) is 0 Å². The van der Waals surface area contributed by atoms with E-state index >= 15 is 0 Å². The first kappa shape index (κ1) is 23.5. The Kier molecular flexibility index (Phi) is 6.90. The second kappa shape index (κ2) is 9.69. The van der Waals surface area contributed by atoms with E-state index in [1.807, 2.05) is 0 Å². The van der Waals surface area contributed by atoms with Crippen molar-refractivity contribution in [3.63, 3.8) is 0 Å². The Morgan fingerprint density at radius 1 is 1.15 bits per heavy atom. The first-order valence-corrected chi connectivity index (χ1v) is 11.8. The van der Waals surface area contributed by atoms with Crippen molar-refractivity contribution in [2.24, 2.45) is 0 Å². The topological polar surface area (TPSA) is 70.8 Å². The molecule has 2 heterocycles. The summed E-state index contributed by atoms with van der Waals surface area (Å²) in [5.41, 5.74) is 0.425. The largest absolute Gasteiger partial charge is 0.481 e. The number of hydrogen-bond donors (Lipinski definition) is 2. The van der Waals surface area contributed by atoms with E-state index in [0.29, 0.717) is 26.4 Å². The number of fused-ring (bicyclic) bond motifs is 1. The minimum absolute atomic E-state index is 0.0510. The molecule has 176 valence electrons. The van der Waals surface area contributed by atoms with Crippen molar-refractivity contribution in [3.8, 4) is 10.4 Å². The van der Waals surface area contributed by atoms with Crippen molar-refractivity contribution >= 4 is 22.1 Å². The van der Waals surface area contributed by atoms with Crippen molar-refractivity contribution in [2.45, 2.75) is 57.2 Å². The first-order valence-electron chi connectivity index (χ1n) is 11.0. The SMILES string of the molecule is O=C(O)CCNCc1ccc2sc(-c3ccc(C4CCCCC4)c(C(F)(F)F)c3)cn2c1=O. The van der Waals surface area contributed by atoms with Gasteiger partial charge in [0, 0.05) is 24.8 Å². The van der Waals surface area contributed by atoms with Gasteiger partial charge < -0.3 is 10.4 Å². The third kappa shape index (κ3) is 5.30. The van der Waals surface area contributed by atoms with Crippen molar-refractivity contribution in [1.29, 1.82) is 0 Å². The number of nitrogens with one attached hydrogen (secondary N) is 1. The van der Waals surface area contributed by atoms with Crippen LogP contribution in [0.1, 0.15) is 61.1 Å². The van der Waals surface area contributed by atoms with Crippen LogP contribution in [0, 0.1) is 0 Å². The fourth-order valence-electron chi connectivity index (χ4n) is 4.45. The number of carbonyl (C=O) groups is 1. The van der Waals surface area contributed by atoms with Gasteiger partial charge >= 0.3 is 12.1 Å². The smallest absolute Gasteiger partial charge is 0.416 e. The molecule has 1 aromatic carbocycles. The number of hydrogen-bond acceptors (Lipinski definition) is 4. The molecule has 33 heavy (non-hydrogen) atoms. The maximum atomic E-state index is 13.9.